The molecule has 1 atom stereocenters. The molecule has 1 unspecified atom stereocenters. The van der Waals surface area contributed by atoms with Crippen LogP contribution >= 0.6 is 0 Å². The Hall–Kier alpha value is -2.49. The van der Waals surface area contributed by atoms with Gasteiger partial charge in [-0.15, -0.1) is 0 Å². The number of carboxylic acid groups (broad SMARTS) is 1. The lowest BCUT2D eigenvalue weighted by Gasteiger charge is -2.36. The third kappa shape index (κ3) is 2.33. The minimum absolute atomic E-state index is 0.377. The highest BCUT2D eigenvalue weighted by atomic mass is 16.5. The Labute approximate surface area is 123 Å². The van der Waals surface area contributed by atoms with Gasteiger partial charge in [0.1, 0.15) is 5.75 Å². The van der Waals surface area contributed by atoms with Crippen LogP contribution in [0.1, 0.15) is 17.5 Å². The van der Waals surface area contributed by atoms with Crippen LogP contribution in [-0.4, -0.2) is 17.7 Å². The topological polar surface area (TPSA) is 58.6 Å². The molecule has 2 aromatic rings. The van der Waals surface area contributed by atoms with Crippen molar-refractivity contribution in [2.45, 2.75) is 18.9 Å². The predicted octanol–water partition coefficient (Wildman–Crippen LogP) is 3.17. The van der Waals surface area contributed by atoms with E-state index in [1.165, 1.54) is 0 Å². The molecule has 4 nitrogen and oxygen atoms in total. The van der Waals surface area contributed by atoms with Gasteiger partial charge in [0.25, 0.3) is 0 Å². The maximum atomic E-state index is 12.0. The first-order valence-electron chi connectivity index (χ1n) is 6.92. The van der Waals surface area contributed by atoms with Crippen LogP contribution in [-0.2, 0) is 10.3 Å². The highest BCUT2D eigenvalue weighted by Gasteiger charge is 2.44. The summed E-state index contributed by atoms with van der Waals surface area (Å²) in [5, 5.41) is 13.0. The summed E-state index contributed by atoms with van der Waals surface area (Å²) in [6.45, 7) is 2.38. The summed E-state index contributed by atoms with van der Waals surface area (Å²) in [5.41, 5.74) is 1.45. The first-order chi connectivity index (χ1) is 10.1. The zero-order chi connectivity index (χ0) is 14.9. The molecule has 4 heteroatoms. The van der Waals surface area contributed by atoms with Gasteiger partial charge in [0.05, 0.1) is 6.61 Å². The standard InChI is InChI=1S/C17H17NO3/c1-12-6-8-13(9-7-12)18-17(16(19)20)10-11-21-15-5-3-2-4-14(15)17/h2-9,18H,10-11H2,1H3,(H,19,20). The fourth-order valence-electron chi connectivity index (χ4n) is 2.68. The van der Waals surface area contributed by atoms with E-state index in [9.17, 15) is 9.90 Å². The molecule has 0 saturated carbocycles. The predicted molar refractivity (Wildman–Crippen MR) is 80.7 cm³/mol. The van der Waals surface area contributed by atoms with E-state index < -0.39 is 11.5 Å². The zero-order valence-corrected chi connectivity index (χ0v) is 11.8. The number of aryl methyl sites for hydroxylation is 1. The molecule has 0 aliphatic carbocycles. The van der Waals surface area contributed by atoms with Crippen molar-refractivity contribution >= 4 is 11.7 Å². The smallest absolute Gasteiger partial charge is 0.334 e. The third-order valence-corrected chi connectivity index (χ3v) is 3.86. The molecule has 0 amide bonds. The van der Waals surface area contributed by atoms with Crippen LogP contribution in [0.2, 0.25) is 0 Å². The van der Waals surface area contributed by atoms with Gasteiger partial charge in [-0.1, -0.05) is 35.9 Å². The van der Waals surface area contributed by atoms with Gasteiger partial charge in [-0.25, -0.2) is 4.79 Å². The average Bonchev–Trinajstić information content (AvgIpc) is 2.50. The van der Waals surface area contributed by atoms with Crippen LogP contribution in [0.3, 0.4) is 0 Å². The minimum Gasteiger partial charge on any atom is -0.493 e. The molecule has 0 spiro atoms. The number of para-hydroxylation sites is 1. The Balaban J connectivity index is 2.05. The molecule has 1 heterocycles. The van der Waals surface area contributed by atoms with E-state index in [2.05, 4.69) is 5.32 Å². The summed E-state index contributed by atoms with van der Waals surface area (Å²) in [4.78, 5) is 12.0. The number of aliphatic carboxylic acids is 1. The number of nitrogens with one attached hydrogen (secondary N) is 1. The Bertz CT molecular complexity index is 666. The molecule has 1 aliphatic rings. The number of hydrogen-bond donors (Lipinski definition) is 2. The second-order valence-corrected chi connectivity index (χ2v) is 5.30. The number of rotatable bonds is 3. The second-order valence-electron chi connectivity index (χ2n) is 5.30. The molecule has 0 radical (unpaired) electrons. The molecule has 2 aromatic carbocycles. The van der Waals surface area contributed by atoms with Gasteiger partial charge in [-0.05, 0) is 25.1 Å². The minimum atomic E-state index is -1.15. The van der Waals surface area contributed by atoms with Crippen molar-refractivity contribution in [1.82, 2.24) is 0 Å². The van der Waals surface area contributed by atoms with Crippen molar-refractivity contribution in [2.24, 2.45) is 0 Å². The molecule has 0 aromatic heterocycles. The summed E-state index contributed by atoms with van der Waals surface area (Å²) in [7, 11) is 0. The molecule has 1 aliphatic heterocycles. The molecule has 0 bridgehead atoms. The maximum Gasteiger partial charge on any atom is 0.334 e. The molecular formula is C17H17NO3. The summed E-state index contributed by atoms with van der Waals surface area (Å²) >= 11 is 0. The van der Waals surface area contributed by atoms with E-state index in [0.717, 1.165) is 11.3 Å². The fraction of sp³-hybridized carbons (Fsp3) is 0.235. The Morgan fingerprint density at radius 2 is 1.90 bits per heavy atom. The van der Waals surface area contributed by atoms with Gasteiger partial charge >= 0.3 is 5.97 Å². The molecule has 0 fully saturated rings. The van der Waals surface area contributed by atoms with E-state index >= 15 is 0 Å². The van der Waals surface area contributed by atoms with Gasteiger partial charge < -0.3 is 15.2 Å². The lowest BCUT2D eigenvalue weighted by atomic mass is 9.84. The van der Waals surface area contributed by atoms with Gasteiger partial charge in [-0.3, -0.25) is 0 Å². The van der Waals surface area contributed by atoms with Crippen LogP contribution < -0.4 is 10.1 Å². The summed E-state index contributed by atoms with van der Waals surface area (Å²) in [6.07, 6.45) is 0.382. The number of carbonyl (C=O) groups is 1. The SMILES string of the molecule is Cc1ccc(NC2(C(=O)O)CCOc3ccccc32)cc1. The quantitative estimate of drug-likeness (QED) is 0.908. The zero-order valence-electron chi connectivity index (χ0n) is 11.8. The Morgan fingerprint density at radius 3 is 2.62 bits per heavy atom. The van der Waals surface area contributed by atoms with E-state index in [4.69, 9.17) is 4.74 Å². The lowest BCUT2D eigenvalue weighted by molar-refractivity contribution is -0.143. The van der Waals surface area contributed by atoms with Gasteiger partial charge in [-0.2, -0.15) is 0 Å². The van der Waals surface area contributed by atoms with Crippen LogP contribution in [0.5, 0.6) is 5.75 Å². The monoisotopic (exact) mass is 283 g/mol. The van der Waals surface area contributed by atoms with Gasteiger partial charge in [0.2, 0.25) is 0 Å². The number of hydrogen-bond acceptors (Lipinski definition) is 3. The highest BCUT2D eigenvalue weighted by Crippen LogP contribution is 2.39. The summed E-state index contributed by atoms with van der Waals surface area (Å²) < 4.78 is 5.58. The van der Waals surface area contributed by atoms with E-state index in [1.54, 1.807) is 0 Å². The van der Waals surface area contributed by atoms with E-state index in [-0.39, 0.29) is 0 Å². The van der Waals surface area contributed by atoms with Crippen molar-refractivity contribution in [3.63, 3.8) is 0 Å². The number of benzene rings is 2. The number of carboxylic acids is 1. The molecule has 108 valence electrons. The second kappa shape index (κ2) is 5.13. The highest BCUT2D eigenvalue weighted by molar-refractivity contribution is 5.86. The Kier molecular flexibility index (Phi) is 3.29. The molecule has 0 saturated heterocycles. The molecule has 21 heavy (non-hydrogen) atoms. The van der Waals surface area contributed by atoms with Crippen LogP contribution in [0.25, 0.3) is 0 Å². The van der Waals surface area contributed by atoms with Crippen molar-refractivity contribution in [3.05, 3.63) is 59.7 Å². The van der Waals surface area contributed by atoms with Crippen molar-refractivity contribution in [2.75, 3.05) is 11.9 Å². The van der Waals surface area contributed by atoms with E-state index in [1.807, 2.05) is 55.5 Å². The maximum absolute atomic E-state index is 12.0. The van der Waals surface area contributed by atoms with Crippen LogP contribution in [0, 0.1) is 6.92 Å². The first-order valence-corrected chi connectivity index (χ1v) is 6.92. The number of fused-ring (bicyclic) bond motifs is 1. The molecule has 3 rings (SSSR count). The van der Waals surface area contributed by atoms with E-state index in [0.29, 0.717) is 24.3 Å². The molecular weight excluding hydrogens is 266 g/mol. The largest absolute Gasteiger partial charge is 0.493 e. The van der Waals surface area contributed by atoms with Crippen molar-refractivity contribution in [1.29, 1.82) is 0 Å². The summed E-state index contributed by atoms with van der Waals surface area (Å²) in [6, 6.07) is 15.0. The lowest BCUT2D eigenvalue weighted by Crippen LogP contribution is -2.47. The average molecular weight is 283 g/mol. The summed E-state index contributed by atoms with van der Waals surface area (Å²) in [5.74, 6) is -0.260. The third-order valence-electron chi connectivity index (χ3n) is 3.86. The molecule has 2 N–H and O–H groups in total. The fourth-order valence-corrected chi connectivity index (χ4v) is 2.68. The number of ether oxygens (including phenoxy) is 1. The van der Waals surface area contributed by atoms with Crippen molar-refractivity contribution < 1.29 is 14.6 Å². The Morgan fingerprint density at radius 1 is 1.19 bits per heavy atom. The first kappa shape index (κ1) is 13.5. The van der Waals surface area contributed by atoms with Gasteiger partial charge in [0, 0.05) is 17.7 Å². The van der Waals surface area contributed by atoms with Crippen LogP contribution in [0.15, 0.2) is 48.5 Å². The van der Waals surface area contributed by atoms with Crippen molar-refractivity contribution in [3.8, 4) is 5.75 Å². The van der Waals surface area contributed by atoms with Crippen LogP contribution in [0.4, 0.5) is 5.69 Å². The number of anilines is 1. The normalized spacial score (nSPS) is 20.2. The van der Waals surface area contributed by atoms with Gasteiger partial charge in [0.15, 0.2) is 5.54 Å².